The fourth-order valence-electron chi connectivity index (χ4n) is 2.30. The first-order valence-electron chi connectivity index (χ1n) is 8.47. The molecule has 2 heterocycles. The van der Waals surface area contributed by atoms with Gasteiger partial charge in [0.05, 0.1) is 10.6 Å². The van der Waals surface area contributed by atoms with Crippen molar-refractivity contribution in [2.75, 3.05) is 10.0 Å². The van der Waals surface area contributed by atoms with Crippen LogP contribution < -0.4 is 10.0 Å². The minimum absolute atomic E-state index is 0.0392. The molecule has 0 atom stereocenters. The van der Waals surface area contributed by atoms with Crippen LogP contribution >= 0.6 is 0 Å². The second kappa shape index (κ2) is 7.43. The van der Waals surface area contributed by atoms with Crippen molar-refractivity contribution in [3.05, 3.63) is 66.2 Å². The average molecular weight is 400 g/mol. The van der Waals surface area contributed by atoms with Crippen LogP contribution in [0.3, 0.4) is 0 Å². The van der Waals surface area contributed by atoms with Gasteiger partial charge in [-0.25, -0.2) is 8.42 Å². The third kappa shape index (κ3) is 4.55. The number of carbonyl (C=O) groups is 1. The smallest absolute Gasteiger partial charge is 0.261 e. The van der Waals surface area contributed by atoms with Crippen LogP contribution in [0.4, 0.5) is 11.5 Å². The SMILES string of the molecule is CC(C)(C)c1cc(NC(=O)c2ccc(S(=O)(=O)Nc3ccncc3)cc2)no1. The van der Waals surface area contributed by atoms with Gasteiger partial charge in [0, 0.05) is 29.4 Å². The van der Waals surface area contributed by atoms with E-state index in [2.05, 4.69) is 20.2 Å². The van der Waals surface area contributed by atoms with Crippen LogP contribution in [0.15, 0.2) is 64.3 Å². The number of rotatable bonds is 5. The van der Waals surface area contributed by atoms with E-state index in [0.717, 1.165) is 0 Å². The van der Waals surface area contributed by atoms with Gasteiger partial charge in [0.15, 0.2) is 5.82 Å². The third-order valence-corrected chi connectivity index (χ3v) is 5.25. The van der Waals surface area contributed by atoms with Crippen LogP contribution in [0.1, 0.15) is 36.9 Å². The van der Waals surface area contributed by atoms with E-state index in [1.807, 2.05) is 20.8 Å². The zero-order valence-electron chi connectivity index (χ0n) is 15.6. The number of pyridine rings is 1. The standard InChI is InChI=1S/C19H20N4O4S/c1-19(2,3)16-12-17(22-27-16)21-18(24)13-4-6-15(7-5-13)28(25,26)23-14-8-10-20-11-9-14/h4-12H,1-3H3,(H,20,23)(H,21,22,24). The predicted octanol–water partition coefficient (Wildman–Crippen LogP) is 3.42. The van der Waals surface area contributed by atoms with Crippen molar-refractivity contribution in [3.63, 3.8) is 0 Å². The van der Waals surface area contributed by atoms with Crippen LogP contribution in [-0.2, 0) is 15.4 Å². The van der Waals surface area contributed by atoms with E-state index in [9.17, 15) is 13.2 Å². The summed E-state index contributed by atoms with van der Waals surface area (Å²) in [4.78, 5) is 16.2. The number of aromatic nitrogens is 2. The quantitative estimate of drug-likeness (QED) is 0.678. The Hall–Kier alpha value is -3.20. The van der Waals surface area contributed by atoms with Gasteiger partial charge in [0.2, 0.25) is 0 Å². The number of carbonyl (C=O) groups excluding carboxylic acids is 1. The summed E-state index contributed by atoms with van der Waals surface area (Å²) in [5.74, 6) is 0.525. The molecule has 3 aromatic rings. The Balaban J connectivity index is 1.71. The summed E-state index contributed by atoms with van der Waals surface area (Å²) < 4.78 is 32.5. The Bertz CT molecular complexity index is 1070. The summed E-state index contributed by atoms with van der Waals surface area (Å²) in [7, 11) is -3.76. The first-order valence-corrected chi connectivity index (χ1v) is 9.95. The van der Waals surface area contributed by atoms with E-state index in [4.69, 9.17) is 4.52 Å². The molecule has 0 aliphatic heterocycles. The first kappa shape index (κ1) is 19.6. The van der Waals surface area contributed by atoms with Gasteiger partial charge in [-0.15, -0.1) is 0 Å². The van der Waals surface area contributed by atoms with Gasteiger partial charge in [0.25, 0.3) is 15.9 Å². The zero-order chi connectivity index (χ0) is 20.4. The highest BCUT2D eigenvalue weighted by atomic mass is 32.2. The molecule has 0 saturated heterocycles. The van der Waals surface area contributed by atoms with Gasteiger partial charge in [-0.3, -0.25) is 14.5 Å². The summed E-state index contributed by atoms with van der Waals surface area (Å²) in [5.41, 5.74) is 0.467. The summed E-state index contributed by atoms with van der Waals surface area (Å²) >= 11 is 0. The van der Waals surface area contributed by atoms with Crippen LogP contribution in [0.5, 0.6) is 0 Å². The maximum Gasteiger partial charge on any atom is 0.261 e. The molecule has 28 heavy (non-hydrogen) atoms. The topological polar surface area (TPSA) is 114 Å². The maximum atomic E-state index is 12.4. The lowest BCUT2D eigenvalue weighted by atomic mass is 9.93. The Labute approximate surface area is 163 Å². The summed E-state index contributed by atoms with van der Waals surface area (Å²) in [5, 5.41) is 6.47. The molecule has 0 fully saturated rings. The number of benzene rings is 1. The molecular weight excluding hydrogens is 380 g/mol. The van der Waals surface area contributed by atoms with Crippen LogP contribution in [0.25, 0.3) is 0 Å². The van der Waals surface area contributed by atoms with Crippen molar-refractivity contribution >= 4 is 27.4 Å². The van der Waals surface area contributed by atoms with Crippen LogP contribution in [-0.4, -0.2) is 24.5 Å². The van der Waals surface area contributed by atoms with Crippen molar-refractivity contribution in [3.8, 4) is 0 Å². The van der Waals surface area contributed by atoms with Gasteiger partial charge >= 0.3 is 0 Å². The number of sulfonamides is 1. The van der Waals surface area contributed by atoms with E-state index in [0.29, 0.717) is 22.8 Å². The lowest BCUT2D eigenvalue weighted by Gasteiger charge is -2.12. The summed E-state index contributed by atoms with van der Waals surface area (Å²) in [6.07, 6.45) is 2.97. The van der Waals surface area contributed by atoms with Gasteiger partial charge in [0.1, 0.15) is 5.76 Å². The predicted molar refractivity (Wildman–Crippen MR) is 105 cm³/mol. The Morgan fingerprint density at radius 3 is 2.25 bits per heavy atom. The minimum atomic E-state index is -3.76. The van der Waals surface area contributed by atoms with Gasteiger partial charge in [-0.2, -0.15) is 0 Å². The van der Waals surface area contributed by atoms with Gasteiger partial charge < -0.3 is 9.84 Å². The van der Waals surface area contributed by atoms with Crippen molar-refractivity contribution in [2.45, 2.75) is 31.1 Å². The second-order valence-corrected chi connectivity index (χ2v) is 8.83. The number of anilines is 2. The van der Waals surface area contributed by atoms with Gasteiger partial charge in [-0.1, -0.05) is 25.9 Å². The molecule has 2 N–H and O–H groups in total. The molecule has 0 unspecified atom stereocenters. The lowest BCUT2D eigenvalue weighted by molar-refractivity contribution is 0.102. The van der Waals surface area contributed by atoms with Crippen molar-refractivity contribution in [1.82, 2.24) is 10.1 Å². The average Bonchev–Trinajstić information content (AvgIpc) is 3.11. The molecule has 8 nitrogen and oxygen atoms in total. The molecule has 0 spiro atoms. The third-order valence-electron chi connectivity index (χ3n) is 3.85. The van der Waals surface area contributed by atoms with E-state index in [1.54, 1.807) is 18.2 Å². The molecule has 1 aromatic carbocycles. The second-order valence-electron chi connectivity index (χ2n) is 7.15. The van der Waals surface area contributed by atoms with E-state index >= 15 is 0 Å². The molecule has 146 valence electrons. The molecule has 0 bridgehead atoms. The first-order chi connectivity index (χ1) is 13.1. The normalized spacial score (nSPS) is 11.8. The summed E-state index contributed by atoms with van der Waals surface area (Å²) in [6.45, 7) is 5.91. The molecule has 9 heteroatoms. The number of hydrogen-bond acceptors (Lipinski definition) is 6. The highest BCUT2D eigenvalue weighted by Crippen LogP contribution is 2.24. The molecule has 2 aromatic heterocycles. The molecule has 0 saturated carbocycles. The Morgan fingerprint density at radius 1 is 1.04 bits per heavy atom. The van der Waals surface area contributed by atoms with E-state index in [1.165, 1.54) is 36.7 Å². The number of amides is 1. The Kier molecular flexibility index (Phi) is 5.19. The lowest BCUT2D eigenvalue weighted by Crippen LogP contribution is -2.15. The largest absolute Gasteiger partial charge is 0.359 e. The monoisotopic (exact) mass is 400 g/mol. The highest BCUT2D eigenvalue weighted by molar-refractivity contribution is 7.92. The van der Waals surface area contributed by atoms with E-state index < -0.39 is 15.9 Å². The molecule has 3 rings (SSSR count). The number of nitrogens with one attached hydrogen (secondary N) is 2. The van der Waals surface area contributed by atoms with Crippen molar-refractivity contribution in [1.29, 1.82) is 0 Å². The molecule has 0 radical (unpaired) electrons. The highest BCUT2D eigenvalue weighted by Gasteiger charge is 2.21. The number of hydrogen-bond donors (Lipinski definition) is 2. The fourth-order valence-corrected chi connectivity index (χ4v) is 3.35. The minimum Gasteiger partial charge on any atom is -0.359 e. The molecular formula is C19H20N4O4S. The zero-order valence-corrected chi connectivity index (χ0v) is 16.4. The van der Waals surface area contributed by atoms with Gasteiger partial charge in [-0.05, 0) is 36.4 Å². The van der Waals surface area contributed by atoms with Crippen LogP contribution in [0.2, 0.25) is 0 Å². The fraction of sp³-hybridized carbons (Fsp3) is 0.211. The van der Waals surface area contributed by atoms with Crippen molar-refractivity contribution < 1.29 is 17.7 Å². The van der Waals surface area contributed by atoms with Crippen LogP contribution in [0, 0.1) is 0 Å². The maximum absolute atomic E-state index is 12.4. The van der Waals surface area contributed by atoms with E-state index in [-0.39, 0.29) is 10.3 Å². The molecule has 0 aliphatic carbocycles. The molecule has 1 amide bonds. The van der Waals surface area contributed by atoms with Crippen molar-refractivity contribution in [2.24, 2.45) is 0 Å². The Morgan fingerprint density at radius 2 is 1.68 bits per heavy atom. The summed E-state index contributed by atoms with van der Waals surface area (Å²) in [6, 6.07) is 10.3. The molecule has 0 aliphatic rings. The number of nitrogens with zero attached hydrogens (tertiary/aromatic N) is 2.